The van der Waals surface area contributed by atoms with Gasteiger partial charge in [0.15, 0.2) is 0 Å². The van der Waals surface area contributed by atoms with Gasteiger partial charge in [0, 0.05) is 35.7 Å². The number of halogens is 3. The molecule has 1 amide bonds. The first-order chi connectivity index (χ1) is 12.7. The van der Waals surface area contributed by atoms with E-state index in [0.29, 0.717) is 18.5 Å². The third-order valence-electron chi connectivity index (χ3n) is 4.72. The molecule has 0 radical (unpaired) electrons. The van der Waals surface area contributed by atoms with E-state index in [2.05, 4.69) is 10.3 Å². The van der Waals surface area contributed by atoms with Crippen molar-refractivity contribution >= 4 is 16.8 Å². The molecule has 0 aliphatic carbocycles. The second-order valence-corrected chi connectivity index (χ2v) is 6.82. The summed E-state index contributed by atoms with van der Waals surface area (Å²) in [6.07, 6.45) is 0.505. The van der Waals surface area contributed by atoms with E-state index >= 15 is 0 Å². The molecular weight excluding hydrogens is 353 g/mol. The van der Waals surface area contributed by atoms with Gasteiger partial charge in [0.25, 0.3) is 11.8 Å². The average Bonchev–Trinajstić information content (AvgIpc) is 2.95. The van der Waals surface area contributed by atoms with Gasteiger partial charge >= 0.3 is 0 Å². The Morgan fingerprint density at radius 3 is 2.63 bits per heavy atom. The molecule has 27 heavy (non-hydrogen) atoms. The Morgan fingerprint density at radius 1 is 1.19 bits per heavy atom. The first-order valence-corrected chi connectivity index (χ1v) is 8.71. The Hall–Kier alpha value is -2.76. The van der Waals surface area contributed by atoms with Crippen LogP contribution in [0.1, 0.15) is 39.7 Å². The van der Waals surface area contributed by atoms with Gasteiger partial charge in [-0.1, -0.05) is 18.2 Å². The van der Waals surface area contributed by atoms with Crippen LogP contribution in [0.3, 0.4) is 0 Å². The minimum atomic E-state index is -3.00. The van der Waals surface area contributed by atoms with Crippen LogP contribution in [0.4, 0.5) is 13.2 Å². The molecule has 0 aliphatic rings. The zero-order valence-electron chi connectivity index (χ0n) is 15.4. The van der Waals surface area contributed by atoms with Crippen LogP contribution in [0.5, 0.6) is 0 Å². The van der Waals surface area contributed by atoms with Crippen molar-refractivity contribution < 1.29 is 18.0 Å². The van der Waals surface area contributed by atoms with E-state index in [1.165, 1.54) is 30.3 Å². The van der Waals surface area contributed by atoms with Gasteiger partial charge in [-0.2, -0.15) is 0 Å². The standard InChI is InChI=1S/C21H21F3N2O/c1-12-7-8-17(22)19-18(12)16(13(2)26-19)9-10-25-20(27)14-5-4-6-15(11-14)21(3,23)24/h4-8,11,26H,9-10H2,1-3H3,(H,25,27). The molecule has 142 valence electrons. The van der Waals surface area contributed by atoms with E-state index in [4.69, 9.17) is 0 Å². The van der Waals surface area contributed by atoms with Gasteiger partial charge in [0.05, 0.1) is 5.52 Å². The molecule has 0 fully saturated rings. The van der Waals surface area contributed by atoms with Gasteiger partial charge in [0.2, 0.25) is 0 Å². The highest BCUT2D eigenvalue weighted by molar-refractivity contribution is 5.94. The minimum absolute atomic E-state index is 0.187. The van der Waals surface area contributed by atoms with E-state index in [0.717, 1.165) is 29.1 Å². The predicted octanol–water partition coefficient (Wildman–Crippen LogP) is 5.01. The van der Waals surface area contributed by atoms with Gasteiger partial charge < -0.3 is 10.3 Å². The molecular formula is C21H21F3N2O. The number of carbonyl (C=O) groups is 1. The lowest BCUT2D eigenvalue weighted by molar-refractivity contribution is 0.0174. The topological polar surface area (TPSA) is 44.9 Å². The monoisotopic (exact) mass is 374 g/mol. The molecule has 0 atom stereocenters. The summed E-state index contributed by atoms with van der Waals surface area (Å²) in [5.41, 5.74) is 3.19. The van der Waals surface area contributed by atoms with Gasteiger partial charge in [-0.05, 0) is 49.6 Å². The lowest BCUT2D eigenvalue weighted by atomic mass is 10.0. The van der Waals surface area contributed by atoms with Crippen LogP contribution >= 0.6 is 0 Å². The number of carbonyl (C=O) groups excluding carboxylic acids is 1. The highest BCUT2D eigenvalue weighted by Gasteiger charge is 2.25. The number of hydrogen-bond acceptors (Lipinski definition) is 1. The van der Waals surface area contributed by atoms with Crippen molar-refractivity contribution in [3.05, 3.63) is 70.2 Å². The third kappa shape index (κ3) is 3.84. The van der Waals surface area contributed by atoms with Crippen LogP contribution in [0.15, 0.2) is 36.4 Å². The number of amides is 1. The van der Waals surface area contributed by atoms with E-state index < -0.39 is 11.8 Å². The van der Waals surface area contributed by atoms with E-state index in [1.54, 1.807) is 6.07 Å². The van der Waals surface area contributed by atoms with Crippen molar-refractivity contribution in [1.82, 2.24) is 10.3 Å². The maximum Gasteiger partial charge on any atom is 0.270 e. The Labute approximate surface area is 155 Å². The lowest BCUT2D eigenvalue weighted by Gasteiger charge is -2.12. The van der Waals surface area contributed by atoms with Crippen molar-refractivity contribution in [2.75, 3.05) is 6.54 Å². The van der Waals surface area contributed by atoms with Crippen molar-refractivity contribution in [2.45, 2.75) is 33.1 Å². The van der Waals surface area contributed by atoms with Crippen molar-refractivity contribution in [3.8, 4) is 0 Å². The van der Waals surface area contributed by atoms with Crippen molar-refractivity contribution in [1.29, 1.82) is 0 Å². The number of fused-ring (bicyclic) bond motifs is 1. The molecule has 2 N–H and O–H groups in total. The van der Waals surface area contributed by atoms with E-state index in [-0.39, 0.29) is 16.9 Å². The number of aryl methyl sites for hydroxylation is 2. The minimum Gasteiger partial charge on any atom is -0.356 e. The maximum absolute atomic E-state index is 14.0. The normalized spacial score (nSPS) is 11.8. The van der Waals surface area contributed by atoms with Crippen LogP contribution in [0, 0.1) is 19.7 Å². The molecule has 0 bridgehead atoms. The Bertz CT molecular complexity index is 1000. The fourth-order valence-electron chi connectivity index (χ4n) is 3.29. The first kappa shape index (κ1) is 19.0. The van der Waals surface area contributed by atoms with Gasteiger partial charge in [-0.25, -0.2) is 13.2 Å². The number of benzene rings is 2. The Morgan fingerprint density at radius 2 is 1.93 bits per heavy atom. The summed E-state index contributed by atoms with van der Waals surface area (Å²) in [4.78, 5) is 15.4. The summed E-state index contributed by atoms with van der Waals surface area (Å²) in [6, 6.07) is 8.59. The Kier molecular flexibility index (Phi) is 5.00. The second kappa shape index (κ2) is 7.10. The van der Waals surface area contributed by atoms with Gasteiger partial charge in [-0.15, -0.1) is 0 Å². The van der Waals surface area contributed by atoms with Crippen molar-refractivity contribution in [3.63, 3.8) is 0 Å². The van der Waals surface area contributed by atoms with Crippen LogP contribution in [-0.2, 0) is 12.3 Å². The number of nitrogens with one attached hydrogen (secondary N) is 2. The van der Waals surface area contributed by atoms with Gasteiger partial charge in [-0.3, -0.25) is 4.79 Å². The molecule has 0 saturated carbocycles. The largest absolute Gasteiger partial charge is 0.356 e. The quantitative estimate of drug-likeness (QED) is 0.648. The molecule has 0 aliphatic heterocycles. The van der Waals surface area contributed by atoms with Gasteiger partial charge in [0.1, 0.15) is 5.82 Å². The number of aromatic amines is 1. The molecule has 1 aromatic heterocycles. The van der Waals surface area contributed by atoms with Crippen LogP contribution in [-0.4, -0.2) is 17.4 Å². The summed E-state index contributed by atoms with van der Waals surface area (Å²) in [6.45, 7) is 4.89. The number of aromatic nitrogens is 1. The number of rotatable bonds is 5. The van der Waals surface area contributed by atoms with E-state index in [9.17, 15) is 18.0 Å². The summed E-state index contributed by atoms with van der Waals surface area (Å²) >= 11 is 0. The molecule has 1 heterocycles. The second-order valence-electron chi connectivity index (χ2n) is 6.82. The first-order valence-electron chi connectivity index (χ1n) is 8.71. The molecule has 6 heteroatoms. The zero-order valence-corrected chi connectivity index (χ0v) is 15.4. The fourth-order valence-corrected chi connectivity index (χ4v) is 3.29. The zero-order chi connectivity index (χ0) is 19.8. The molecule has 0 unspecified atom stereocenters. The number of alkyl halides is 2. The molecule has 2 aromatic carbocycles. The molecule has 3 aromatic rings. The van der Waals surface area contributed by atoms with Crippen LogP contribution in [0.25, 0.3) is 10.9 Å². The van der Waals surface area contributed by atoms with E-state index in [1.807, 2.05) is 13.8 Å². The SMILES string of the molecule is Cc1[nH]c2c(F)ccc(C)c2c1CCNC(=O)c1cccc(C(C)(F)F)c1. The fraction of sp³-hybridized carbons (Fsp3) is 0.286. The smallest absolute Gasteiger partial charge is 0.270 e. The summed E-state index contributed by atoms with van der Waals surface area (Å²) < 4.78 is 40.9. The highest BCUT2D eigenvalue weighted by Crippen LogP contribution is 2.28. The average molecular weight is 374 g/mol. The maximum atomic E-state index is 14.0. The van der Waals surface area contributed by atoms with Crippen LogP contribution < -0.4 is 5.32 Å². The van der Waals surface area contributed by atoms with Crippen molar-refractivity contribution in [2.24, 2.45) is 0 Å². The summed E-state index contributed by atoms with van der Waals surface area (Å²) in [7, 11) is 0. The number of hydrogen-bond donors (Lipinski definition) is 2. The predicted molar refractivity (Wildman–Crippen MR) is 99.8 cm³/mol. The molecule has 3 nitrogen and oxygen atoms in total. The molecule has 0 spiro atoms. The third-order valence-corrected chi connectivity index (χ3v) is 4.72. The lowest BCUT2D eigenvalue weighted by Crippen LogP contribution is -2.26. The summed E-state index contributed by atoms with van der Waals surface area (Å²) in [5, 5.41) is 3.58. The summed E-state index contributed by atoms with van der Waals surface area (Å²) in [5.74, 6) is -3.73. The number of H-pyrrole nitrogens is 1. The molecule has 3 rings (SSSR count). The van der Waals surface area contributed by atoms with Crippen LogP contribution in [0.2, 0.25) is 0 Å². The highest BCUT2D eigenvalue weighted by atomic mass is 19.3. The molecule has 0 saturated heterocycles. The Balaban J connectivity index is 1.74.